The van der Waals surface area contributed by atoms with Crippen LogP contribution in [0.5, 0.6) is 0 Å². The molecule has 0 N–H and O–H groups in total. The van der Waals surface area contributed by atoms with E-state index >= 15 is 0 Å². The molecule has 0 aliphatic carbocycles. The van der Waals surface area contributed by atoms with E-state index in [1.54, 1.807) is 0 Å². The van der Waals surface area contributed by atoms with E-state index in [1.165, 1.54) is 17.5 Å². The highest BCUT2D eigenvalue weighted by Crippen LogP contribution is 2.22. The third-order valence-corrected chi connectivity index (χ3v) is 2.46. The summed E-state index contributed by atoms with van der Waals surface area (Å²) < 4.78 is 0. The van der Waals surface area contributed by atoms with Crippen molar-refractivity contribution >= 4 is 23.1 Å². The van der Waals surface area contributed by atoms with E-state index in [2.05, 4.69) is 54.4 Å². The predicted octanol–water partition coefficient (Wildman–Crippen LogP) is 4.33. The molecule has 1 aromatic carbocycles. The topological polar surface area (TPSA) is 12.4 Å². The molecular weight excluding hydrogens is 202 g/mol. The minimum Gasteiger partial charge on any atom is -0.194 e. The number of aliphatic imine (C=N–C) groups is 1. The summed E-state index contributed by atoms with van der Waals surface area (Å²) in [6, 6.07) is 6.43. The molecule has 15 heavy (non-hydrogen) atoms. The number of hydrogen-bond acceptors (Lipinski definition) is 2. The molecule has 0 unspecified atom stereocenters. The highest BCUT2D eigenvalue weighted by molar-refractivity contribution is 7.78. The fourth-order valence-corrected chi connectivity index (χ4v) is 1.81. The monoisotopic (exact) mass is 219 g/mol. The molecule has 1 rings (SSSR count). The van der Waals surface area contributed by atoms with Gasteiger partial charge in [0.25, 0.3) is 0 Å². The summed E-state index contributed by atoms with van der Waals surface area (Å²) in [5, 5.41) is 2.44. The molecule has 0 aromatic heterocycles. The van der Waals surface area contributed by atoms with Crippen molar-refractivity contribution in [2.75, 3.05) is 0 Å². The molecule has 1 aromatic rings. The van der Waals surface area contributed by atoms with Gasteiger partial charge in [-0.25, -0.2) is 0 Å². The van der Waals surface area contributed by atoms with E-state index in [4.69, 9.17) is 0 Å². The van der Waals surface area contributed by atoms with Crippen LogP contribution in [0.25, 0.3) is 0 Å². The average molecular weight is 219 g/mol. The Morgan fingerprint density at radius 2 is 1.93 bits per heavy atom. The smallest absolute Gasteiger partial charge is 0.0771 e. The van der Waals surface area contributed by atoms with E-state index in [0.29, 0.717) is 0 Å². The number of benzene rings is 1. The molecule has 0 spiro atoms. The van der Waals surface area contributed by atoms with Crippen LogP contribution >= 0.6 is 12.2 Å². The van der Waals surface area contributed by atoms with Crippen molar-refractivity contribution in [1.29, 1.82) is 0 Å². The molecule has 1 nitrogen and oxygen atoms in total. The van der Waals surface area contributed by atoms with E-state index in [9.17, 15) is 0 Å². The summed E-state index contributed by atoms with van der Waals surface area (Å²) in [5.41, 5.74) is 3.66. The summed E-state index contributed by atoms with van der Waals surface area (Å²) in [4.78, 5) is 4.09. The first-order valence-corrected chi connectivity index (χ1v) is 5.92. The molecule has 0 bridgehead atoms. The van der Waals surface area contributed by atoms with Crippen molar-refractivity contribution in [2.45, 2.75) is 39.5 Å². The zero-order valence-corrected chi connectivity index (χ0v) is 10.2. The first-order valence-electron chi connectivity index (χ1n) is 5.51. The Labute approximate surface area is 97.2 Å². The molecule has 0 fully saturated rings. The summed E-state index contributed by atoms with van der Waals surface area (Å²) in [6.45, 7) is 4.37. The van der Waals surface area contributed by atoms with Gasteiger partial charge in [0, 0.05) is 0 Å². The first-order chi connectivity index (χ1) is 7.31. The van der Waals surface area contributed by atoms with Gasteiger partial charge >= 0.3 is 0 Å². The van der Waals surface area contributed by atoms with Crippen molar-refractivity contribution in [3.8, 4) is 0 Å². The van der Waals surface area contributed by atoms with E-state index in [0.717, 1.165) is 24.9 Å². The SMILES string of the molecule is CCCc1ccc(N=C=S)c(CCC)c1. The summed E-state index contributed by atoms with van der Waals surface area (Å²) in [6.07, 6.45) is 4.52. The van der Waals surface area contributed by atoms with E-state index < -0.39 is 0 Å². The van der Waals surface area contributed by atoms with Crippen molar-refractivity contribution in [3.05, 3.63) is 29.3 Å². The van der Waals surface area contributed by atoms with Crippen LogP contribution in [-0.4, -0.2) is 5.16 Å². The highest BCUT2D eigenvalue weighted by atomic mass is 32.1. The molecule has 0 aliphatic heterocycles. The van der Waals surface area contributed by atoms with Crippen LogP contribution in [0, 0.1) is 0 Å². The minimum atomic E-state index is 0.978. The lowest BCUT2D eigenvalue weighted by Crippen LogP contribution is -1.89. The van der Waals surface area contributed by atoms with Crippen molar-refractivity contribution in [3.63, 3.8) is 0 Å². The molecule has 0 aliphatic rings. The van der Waals surface area contributed by atoms with Crippen LogP contribution in [-0.2, 0) is 12.8 Å². The van der Waals surface area contributed by atoms with Crippen LogP contribution in [0.2, 0.25) is 0 Å². The Balaban J connectivity index is 3.02. The van der Waals surface area contributed by atoms with E-state index in [1.807, 2.05) is 0 Å². The number of aryl methyl sites for hydroxylation is 2. The van der Waals surface area contributed by atoms with Crippen molar-refractivity contribution in [2.24, 2.45) is 4.99 Å². The lowest BCUT2D eigenvalue weighted by molar-refractivity contribution is 0.895. The fourth-order valence-electron chi connectivity index (χ4n) is 1.71. The summed E-state index contributed by atoms with van der Waals surface area (Å²) in [7, 11) is 0. The van der Waals surface area contributed by atoms with Crippen molar-refractivity contribution in [1.82, 2.24) is 0 Å². The fraction of sp³-hybridized carbons (Fsp3) is 0.462. The van der Waals surface area contributed by atoms with Crippen LogP contribution in [0.1, 0.15) is 37.8 Å². The molecule has 0 saturated carbocycles. The number of hydrogen-bond donors (Lipinski definition) is 0. The second-order valence-electron chi connectivity index (χ2n) is 3.67. The molecule has 0 radical (unpaired) electrons. The van der Waals surface area contributed by atoms with Gasteiger partial charge in [-0.15, -0.1) is 0 Å². The first kappa shape index (κ1) is 12.1. The zero-order valence-electron chi connectivity index (χ0n) is 9.42. The van der Waals surface area contributed by atoms with Crippen LogP contribution in [0.4, 0.5) is 5.69 Å². The lowest BCUT2D eigenvalue weighted by atomic mass is 10.0. The number of isothiocyanates is 1. The van der Waals surface area contributed by atoms with Crippen LogP contribution in [0.3, 0.4) is 0 Å². The standard InChI is InChI=1S/C13H17NS/c1-3-5-11-7-8-13(14-10-15)12(9-11)6-4-2/h7-9H,3-6H2,1-2H3. The third-order valence-electron chi connectivity index (χ3n) is 2.37. The second-order valence-corrected chi connectivity index (χ2v) is 3.85. The molecule has 0 heterocycles. The van der Waals surface area contributed by atoms with E-state index in [-0.39, 0.29) is 0 Å². The second kappa shape index (κ2) is 6.49. The number of rotatable bonds is 5. The van der Waals surface area contributed by atoms with Gasteiger partial charge in [-0.1, -0.05) is 38.8 Å². The molecule has 80 valence electrons. The Kier molecular flexibility index (Phi) is 5.23. The predicted molar refractivity (Wildman–Crippen MR) is 69.1 cm³/mol. The van der Waals surface area contributed by atoms with Gasteiger partial charge in [-0.3, -0.25) is 0 Å². The molecular formula is C13H17NS. The number of thiocarbonyl (C=S) groups is 1. The molecule has 0 saturated heterocycles. The lowest BCUT2D eigenvalue weighted by Gasteiger charge is -2.06. The maximum atomic E-state index is 4.65. The van der Waals surface area contributed by atoms with Gasteiger partial charge in [0.15, 0.2) is 0 Å². The minimum absolute atomic E-state index is 0.978. The molecule has 2 heteroatoms. The normalized spacial score (nSPS) is 9.73. The summed E-state index contributed by atoms with van der Waals surface area (Å²) in [5.74, 6) is 0. The van der Waals surface area contributed by atoms with Gasteiger partial charge in [0.05, 0.1) is 10.8 Å². The summed E-state index contributed by atoms with van der Waals surface area (Å²) >= 11 is 4.65. The maximum Gasteiger partial charge on any atom is 0.0771 e. The maximum absolute atomic E-state index is 4.65. The van der Waals surface area contributed by atoms with Gasteiger partial charge < -0.3 is 0 Å². The molecule has 0 amide bonds. The van der Waals surface area contributed by atoms with Gasteiger partial charge in [0.2, 0.25) is 0 Å². The Morgan fingerprint density at radius 3 is 2.53 bits per heavy atom. The number of nitrogens with zero attached hydrogens (tertiary/aromatic N) is 1. The quantitative estimate of drug-likeness (QED) is 0.530. The third kappa shape index (κ3) is 3.58. The van der Waals surface area contributed by atoms with Crippen molar-refractivity contribution < 1.29 is 0 Å². The highest BCUT2D eigenvalue weighted by Gasteiger charge is 2.01. The van der Waals surface area contributed by atoms with Gasteiger partial charge in [-0.2, -0.15) is 4.99 Å². The van der Waals surface area contributed by atoms with Crippen LogP contribution < -0.4 is 0 Å². The Morgan fingerprint density at radius 1 is 1.20 bits per heavy atom. The Bertz CT molecular complexity index is 365. The van der Waals surface area contributed by atoms with Gasteiger partial charge in [-0.05, 0) is 42.3 Å². The van der Waals surface area contributed by atoms with Gasteiger partial charge in [0.1, 0.15) is 0 Å². The largest absolute Gasteiger partial charge is 0.194 e. The Hall–Kier alpha value is -0.980. The zero-order chi connectivity index (χ0) is 11.1. The molecule has 0 atom stereocenters. The van der Waals surface area contributed by atoms with Crippen LogP contribution in [0.15, 0.2) is 23.2 Å². The average Bonchev–Trinajstić information content (AvgIpc) is 2.23.